The lowest BCUT2D eigenvalue weighted by atomic mass is 9.81. The first kappa shape index (κ1) is 31.0. The maximum Gasteiger partial charge on any atom is 0.311 e. The number of ether oxygens (including phenoxy) is 1. The molecular weight excluding hydrogens is 570 g/mol. The van der Waals surface area contributed by atoms with Crippen molar-refractivity contribution in [1.29, 1.82) is 0 Å². The summed E-state index contributed by atoms with van der Waals surface area (Å²) in [5.74, 6) is -0.280. The highest BCUT2D eigenvalue weighted by Crippen LogP contribution is 2.47. The minimum Gasteiger partial charge on any atom is -0.497 e. The van der Waals surface area contributed by atoms with Crippen molar-refractivity contribution < 1.29 is 27.9 Å². The van der Waals surface area contributed by atoms with Gasteiger partial charge in [-0.15, -0.1) is 0 Å². The molecule has 2 aliphatic rings. The van der Waals surface area contributed by atoms with Crippen LogP contribution in [0, 0.1) is 0 Å². The minimum absolute atomic E-state index is 0.326. The zero-order valence-corrected chi connectivity index (χ0v) is 26.2. The van der Waals surface area contributed by atoms with Crippen LogP contribution in [0.5, 0.6) is 5.75 Å². The van der Waals surface area contributed by atoms with Gasteiger partial charge in [-0.1, -0.05) is 31.4 Å². The number of hydrogen-bond acceptors (Lipinski definition) is 6. The van der Waals surface area contributed by atoms with Crippen LogP contribution < -0.4 is 14.8 Å². The third-order valence-corrected chi connectivity index (χ3v) is 10.1. The van der Waals surface area contributed by atoms with Crippen LogP contribution in [-0.2, 0) is 32.8 Å². The summed E-state index contributed by atoms with van der Waals surface area (Å²) < 4.78 is 36.0. The molecule has 1 fully saturated rings. The van der Waals surface area contributed by atoms with E-state index < -0.39 is 34.3 Å². The third-order valence-electron chi connectivity index (χ3n) is 8.57. The Kier molecular flexibility index (Phi) is 8.85. The van der Waals surface area contributed by atoms with Crippen molar-refractivity contribution in [3.63, 3.8) is 0 Å². The highest BCUT2D eigenvalue weighted by molar-refractivity contribution is 7.87. The first-order valence-corrected chi connectivity index (χ1v) is 16.1. The molecule has 0 saturated heterocycles. The Morgan fingerprint density at radius 2 is 1.77 bits per heavy atom. The highest BCUT2D eigenvalue weighted by atomic mass is 32.2. The van der Waals surface area contributed by atoms with Crippen molar-refractivity contribution in [2.45, 2.75) is 63.3 Å². The van der Waals surface area contributed by atoms with Gasteiger partial charge in [0.2, 0.25) is 0 Å². The van der Waals surface area contributed by atoms with E-state index in [1.165, 1.54) is 31.0 Å². The number of nitrogens with one attached hydrogen (secondary N) is 2. The number of rotatable bonds is 7. The van der Waals surface area contributed by atoms with E-state index in [4.69, 9.17) is 4.74 Å². The molecule has 2 amide bonds. The maximum absolute atomic E-state index is 12.9. The second-order valence-electron chi connectivity index (χ2n) is 11.9. The molecule has 5 rings (SSSR count). The second kappa shape index (κ2) is 12.3. The Balaban J connectivity index is 1.71. The van der Waals surface area contributed by atoms with Gasteiger partial charge in [-0.05, 0) is 66.1 Å². The number of likely N-dealkylation sites (N-methyl/N-ethyl adjacent to an activating group) is 1. The molecule has 43 heavy (non-hydrogen) atoms. The number of aliphatic hydroxyl groups is 1. The summed E-state index contributed by atoms with van der Waals surface area (Å²) in [7, 11) is 3.60. The Morgan fingerprint density at radius 3 is 2.42 bits per heavy atom. The number of hydrogen-bond donors (Lipinski definition) is 3. The summed E-state index contributed by atoms with van der Waals surface area (Å²) in [5, 5.41) is 14.9. The number of carbonyl (C=O) groups excluding carboxylic acids is 2. The molecular formula is C31H41N5O6S. The van der Waals surface area contributed by atoms with Crippen LogP contribution in [0.15, 0.2) is 36.4 Å². The third kappa shape index (κ3) is 6.14. The SMILES string of the molecule is COc1ccc2c(c1)CC(NC(=O)C(=O)N(C)C)Cn1c-2c(C2CCCCC2)c2ccc(C(O)NS(=O)(=O)N(C)C)cc21. The summed E-state index contributed by atoms with van der Waals surface area (Å²) in [6.45, 7) is 0.380. The summed E-state index contributed by atoms with van der Waals surface area (Å²) >= 11 is 0. The number of nitrogens with zero attached hydrogens (tertiary/aromatic N) is 3. The largest absolute Gasteiger partial charge is 0.497 e. The predicted octanol–water partition coefficient (Wildman–Crippen LogP) is 2.88. The Hall–Kier alpha value is -3.45. The van der Waals surface area contributed by atoms with Gasteiger partial charge in [-0.3, -0.25) is 9.59 Å². The van der Waals surface area contributed by atoms with Crippen molar-refractivity contribution in [3.05, 3.63) is 53.1 Å². The fraction of sp³-hybridized carbons (Fsp3) is 0.484. The lowest BCUT2D eigenvalue weighted by molar-refractivity contribution is -0.144. The number of benzene rings is 2. The average molecular weight is 612 g/mol. The molecule has 0 radical (unpaired) electrons. The van der Waals surface area contributed by atoms with Crippen molar-refractivity contribution in [3.8, 4) is 17.0 Å². The summed E-state index contributed by atoms with van der Waals surface area (Å²) in [5.41, 5.74) is 5.54. The molecule has 0 bridgehead atoms. The molecule has 2 unspecified atom stereocenters. The van der Waals surface area contributed by atoms with Crippen LogP contribution in [0.3, 0.4) is 0 Å². The van der Waals surface area contributed by atoms with E-state index in [2.05, 4.69) is 20.7 Å². The molecule has 1 aliphatic carbocycles. The Bertz CT molecular complexity index is 1640. The molecule has 11 nitrogen and oxygen atoms in total. The van der Waals surface area contributed by atoms with E-state index in [1.807, 2.05) is 24.3 Å². The second-order valence-corrected chi connectivity index (χ2v) is 13.8. The van der Waals surface area contributed by atoms with Gasteiger partial charge < -0.3 is 24.6 Å². The normalized spacial score (nSPS) is 18.1. The minimum atomic E-state index is -3.89. The molecule has 0 spiro atoms. The van der Waals surface area contributed by atoms with Crippen molar-refractivity contribution >= 4 is 32.9 Å². The van der Waals surface area contributed by atoms with Crippen LogP contribution in [0.1, 0.15) is 60.9 Å². The highest BCUT2D eigenvalue weighted by Gasteiger charge is 2.33. The summed E-state index contributed by atoms with van der Waals surface area (Å²) in [6.07, 6.45) is 4.62. The number of aromatic nitrogens is 1. The van der Waals surface area contributed by atoms with Gasteiger partial charge in [0.15, 0.2) is 0 Å². The molecule has 3 N–H and O–H groups in total. The standard InChI is InChI=1S/C31H41N5O6S/c1-34(2)31(39)30(38)32-22-15-21-16-23(42-5)12-14-24(21)28-27(19-9-7-6-8-10-19)25-13-11-20(17-26(25)36(28)18-22)29(37)33-43(40,41)35(3)4/h11-14,16-17,19,22,29,33,37H,6-10,15,18H2,1-5H3,(H,32,38). The van der Waals surface area contributed by atoms with E-state index in [1.54, 1.807) is 27.3 Å². The van der Waals surface area contributed by atoms with Gasteiger partial charge in [0.25, 0.3) is 10.2 Å². The zero-order valence-electron chi connectivity index (χ0n) is 25.4. The average Bonchev–Trinajstić information content (AvgIpc) is 3.20. The molecule has 2 heterocycles. The van der Waals surface area contributed by atoms with Gasteiger partial charge in [-0.2, -0.15) is 17.4 Å². The fourth-order valence-corrected chi connectivity index (χ4v) is 6.99. The van der Waals surface area contributed by atoms with E-state index >= 15 is 0 Å². The Labute approximate surface area is 253 Å². The summed E-state index contributed by atoms with van der Waals surface area (Å²) in [4.78, 5) is 26.7. The van der Waals surface area contributed by atoms with Crippen LogP contribution in [0.2, 0.25) is 0 Å². The van der Waals surface area contributed by atoms with Gasteiger partial charge in [0, 0.05) is 51.2 Å². The fourth-order valence-electron chi connectivity index (χ4n) is 6.36. The lowest BCUT2D eigenvalue weighted by Gasteiger charge is -2.24. The van der Waals surface area contributed by atoms with Crippen LogP contribution in [0.4, 0.5) is 0 Å². The molecule has 1 aromatic heterocycles. The molecule has 2 aromatic carbocycles. The maximum atomic E-state index is 12.9. The van der Waals surface area contributed by atoms with Gasteiger partial charge >= 0.3 is 11.8 Å². The van der Waals surface area contributed by atoms with E-state index in [9.17, 15) is 23.1 Å². The molecule has 2 atom stereocenters. The van der Waals surface area contributed by atoms with E-state index in [0.29, 0.717) is 30.2 Å². The number of carbonyl (C=O) groups is 2. The topological polar surface area (TPSA) is 133 Å². The van der Waals surface area contributed by atoms with Gasteiger partial charge in [0.1, 0.15) is 12.0 Å². The number of amides is 2. The van der Waals surface area contributed by atoms with Gasteiger partial charge in [-0.25, -0.2) is 0 Å². The van der Waals surface area contributed by atoms with E-state index in [-0.39, 0.29) is 0 Å². The van der Waals surface area contributed by atoms with Crippen LogP contribution in [0.25, 0.3) is 22.2 Å². The number of methoxy groups -OCH3 is 1. The quantitative estimate of drug-likeness (QED) is 0.278. The monoisotopic (exact) mass is 611 g/mol. The molecule has 3 aromatic rings. The van der Waals surface area contributed by atoms with Crippen molar-refractivity contribution in [1.82, 2.24) is 23.8 Å². The van der Waals surface area contributed by atoms with Crippen LogP contribution in [-0.4, -0.2) is 80.5 Å². The predicted molar refractivity (Wildman–Crippen MR) is 165 cm³/mol. The molecule has 12 heteroatoms. The van der Waals surface area contributed by atoms with Gasteiger partial charge in [0.05, 0.1) is 18.8 Å². The smallest absolute Gasteiger partial charge is 0.311 e. The Morgan fingerprint density at radius 1 is 1.05 bits per heavy atom. The molecule has 1 saturated carbocycles. The van der Waals surface area contributed by atoms with E-state index in [0.717, 1.165) is 57.7 Å². The zero-order chi connectivity index (χ0) is 31.1. The number of aliphatic hydroxyl groups excluding tert-OH is 1. The molecule has 232 valence electrons. The summed E-state index contributed by atoms with van der Waals surface area (Å²) in [6, 6.07) is 11.1. The molecule has 1 aliphatic heterocycles. The van der Waals surface area contributed by atoms with Crippen molar-refractivity contribution in [2.75, 3.05) is 35.3 Å². The number of fused-ring (bicyclic) bond motifs is 5. The van der Waals surface area contributed by atoms with Crippen LogP contribution >= 0.6 is 0 Å². The van der Waals surface area contributed by atoms with Crippen molar-refractivity contribution in [2.24, 2.45) is 0 Å². The first-order chi connectivity index (χ1) is 20.4. The first-order valence-electron chi connectivity index (χ1n) is 14.6. The lowest BCUT2D eigenvalue weighted by Crippen LogP contribution is -2.46.